The molecule has 1 unspecified atom stereocenters. The van der Waals surface area contributed by atoms with Gasteiger partial charge in [-0.3, -0.25) is 9.59 Å². The fourth-order valence-electron chi connectivity index (χ4n) is 2.89. The summed E-state index contributed by atoms with van der Waals surface area (Å²) < 4.78 is 15.6. The molecular weight excluding hydrogens is 440 g/mol. The van der Waals surface area contributed by atoms with Crippen LogP contribution in [0.2, 0.25) is 5.02 Å². The summed E-state index contributed by atoms with van der Waals surface area (Å²) in [5, 5.41) is 15.1. The zero-order valence-corrected chi connectivity index (χ0v) is 18.1. The second kappa shape index (κ2) is 10.2. The smallest absolute Gasteiger partial charge is 0.355 e. The number of fused-ring (bicyclic) bond motifs is 1. The number of benzene rings is 2. The lowest BCUT2D eigenvalue weighted by Gasteiger charge is -2.16. The molecule has 0 spiro atoms. The van der Waals surface area contributed by atoms with E-state index in [0.29, 0.717) is 22.4 Å². The predicted molar refractivity (Wildman–Crippen MR) is 118 cm³/mol. The number of ether oxygens (including phenoxy) is 2. The van der Waals surface area contributed by atoms with Crippen LogP contribution in [0.4, 0.5) is 5.69 Å². The van der Waals surface area contributed by atoms with Crippen molar-refractivity contribution in [2.45, 2.75) is 13.0 Å². The van der Waals surface area contributed by atoms with Crippen molar-refractivity contribution in [1.82, 2.24) is 5.32 Å². The summed E-state index contributed by atoms with van der Waals surface area (Å²) in [6.07, 6.45) is 0. The van der Waals surface area contributed by atoms with Crippen LogP contribution in [0.15, 0.2) is 51.7 Å². The monoisotopic (exact) mass is 460 g/mol. The molecule has 10 heteroatoms. The number of hydrogen-bond acceptors (Lipinski definition) is 7. The van der Waals surface area contributed by atoms with Crippen molar-refractivity contribution in [3.05, 3.63) is 63.5 Å². The number of hydrogen-bond donors (Lipinski definition) is 3. The van der Waals surface area contributed by atoms with Crippen LogP contribution in [0.25, 0.3) is 11.0 Å². The number of nitrogens with one attached hydrogen (secondary N) is 2. The van der Waals surface area contributed by atoms with Gasteiger partial charge >= 0.3 is 5.63 Å². The molecule has 32 heavy (non-hydrogen) atoms. The summed E-state index contributed by atoms with van der Waals surface area (Å²) in [7, 11) is 1.53. The van der Waals surface area contributed by atoms with Crippen molar-refractivity contribution in [2.24, 2.45) is 0 Å². The molecule has 0 aliphatic heterocycles. The third kappa shape index (κ3) is 5.37. The first-order valence-corrected chi connectivity index (χ1v) is 9.91. The molecule has 1 aromatic heterocycles. The summed E-state index contributed by atoms with van der Waals surface area (Å²) in [4.78, 5) is 36.3. The lowest BCUT2D eigenvalue weighted by molar-refractivity contribution is -0.128. The van der Waals surface area contributed by atoms with E-state index in [2.05, 4.69) is 10.6 Å². The highest BCUT2D eigenvalue weighted by molar-refractivity contribution is 6.31. The minimum atomic E-state index is -1.17. The predicted octanol–water partition coefficient (Wildman–Crippen LogP) is 2.26. The summed E-state index contributed by atoms with van der Waals surface area (Å²) in [5.41, 5.74) is 0.658. The van der Waals surface area contributed by atoms with Crippen LogP contribution < -0.4 is 25.7 Å². The zero-order chi connectivity index (χ0) is 23.3. The van der Waals surface area contributed by atoms with Crippen molar-refractivity contribution < 1.29 is 28.6 Å². The molecule has 0 saturated heterocycles. The molecule has 0 radical (unpaired) electrons. The third-order valence-electron chi connectivity index (χ3n) is 4.63. The summed E-state index contributed by atoms with van der Waals surface area (Å²) >= 11 is 5.90. The van der Waals surface area contributed by atoms with Gasteiger partial charge in [-0.05, 0) is 48.9 Å². The average Bonchev–Trinajstić information content (AvgIpc) is 2.80. The first-order valence-electron chi connectivity index (χ1n) is 9.53. The molecule has 3 rings (SSSR count). The Bertz CT molecular complexity index is 1190. The van der Waals surface area contributed by atoms with Gasteiger partial charge in [-0.15, -0.1) is 0 Å². The maximum Gasteiger partial charge on any atom is 0.355 e. The quantitative estimate of drug-likeness (QED) is 0.440. The molecular formula is C22H21ClN2O7. The fourth-order valence-corrected chi connectivity index (χ4v) is 3.03. The Labute approximate surface area is 187 Å². The van der Waals surface area contributed by atoms with Gasteiger partial charge in [0.1, 0.15) is 28.1 Å². The van der Waals surface area contributed by atoms with Gasteiger partial charge in [0.05, 0.1) is 13.7 Å². The van der Waals surface area contributed by atoms with Gasteiger partial charge in [0.2, 0.25) is 5.91 Å². The van der Waals surface area contributed by atoms with Gasteiger partial charge in [-0.25, -0.2) is 4.79 Å². The van der Waals surface area contributed by atoms with Crippen LogP contribution >= 0.6 is 11.6 Å². The standard InChI is InChI=1S/C22H21ClN2O7/c1-12-16-8-7-15(9-18(16)32-22(29)20(12)23)31-11-19(27)25-17(10-26)21(28)24-13-3-5-14(30-2)6-4-13/h3-9,17,26H,10-11H2,1-2H3,(H,24,28)(H,25,27). The number of amides is 2. The Morgan fingerprint density at radius 2 is 1.84 bits per heavy atom. The largest absolute Gasteiger partial charge is 0.497 e. The highest BCUT2D eigenvalue weighted by Gasteiger charge is 2.20. The molecule has 1 heterocycles. The Balaban J connectivity index is 1.59. The van der Waals surface area contributed by atoms with Crippen LogP contribution in [0, 0.1) is 6.92 Å². The van der Waals surface area contributed by atoms with Crippen LogP contribution in [-0.2, 0) is 9.59 Å². The van der Waals surface area contributed by atoms with Crippen molar-refractivity contribution in [3.8, 4) is 11.5 Å². The number of rotatable bonds is 8. The first kappa shape index (κ1) is 23.1. The Morgan fingerprint density at radius 1 is 1.16 bits per heavy atom. The number of aliphatic hydroxyl groups is 1. The zero-order valence-electron chi connectivity index (χ0n) is 17.3. The number of aryl methyl sites for hydroxylation is 1. The fraction of sp³-hybridized carbons (Fsp3) is 0.227. The van der Waals surface area contributed by atoms with Crippen LogP contribution in [0.5, 0.6) is 11.5 Å². The average molecular weight is 461 g/mol. The van der Waals surface area contributed by atoms with Gasteiger partial charge in [-0.2, -0.15) is 0 Å². The minimum absolute atomic E-state index is 0.00788. The molecule has 0 aliphatic carbocycles. The molecule has 3 N–H and O–H groups in total. The summed E-state index contributed by atoms with van der Waals surface area (Å²) in [6.45, 7) is 0.672. The summed E-state index contributed by atoms with van der Waals surface area (Å²) in [5.74, 6) is -0.312. The van der Waals surface area contributed by atoms with Crippen LogP contribution in [0.1, 0.15) is 5.56 Å². The first-order chi connectivity index (χ1) is 15.3. The maximum atomic E-state index is 12.3. The van der Waals surface area contributed by atoms with E-state index in [4.69, 9.17) is 25.5 Å². The molecule has 0 saturated carbocycles. The Kier molecular flexibility index (Phi) is 7.34. The molecule has 1 atom stereocenters. The molecule has 9 nitrogen and oxygen atoms in total. The van der Waals surface area contributed by atoms with Gasteiger partial charge in [-0.1, -0.05) is 11.6 Å². The second-order valence-electron chi connectivity index (χ2n) is 6.80. The van der Waals surface area contributed by atoms with Crippen molar-refractivity contribution in [3.63, 3.8) is 0 Å². The van der Waals surface area contributed by atoms with Crippen molar-refractivity contribution in [1.29, 1.82) is 0 Å². The number of aliphatic hydroxyl groups excluding tert-OH is 1. The highest BCUT2D eigenvalue weighted by atomic mass is 35.5. The number of carbonyl (C=O) groups is 2. The molecule has 0 aliphatic rings. The second-order valence-corrected chi connectivity index (χ2v) is 7.17. The maximum absolute atomic E-state index is 12.3. The molecule has 168 valence electrons. The van der Waals surface area contributed by atoms with E-state index in [-0.39, 0.29) is 16.4 Å². The van der Waals surface area contributed by atoms with E-state index in [1.54, 1.807) is 43.3 Å². The normalized spacial score (nSPS) is 11.6. The topological polar surface area (TPSA) is 127 Å². The number of carbonyl (C=O) groups excluding carboxylic acids is 2. The molecule has 0 bridgehead atoms. The number of halogens is 1. The van der Waals surface area contributed by atoms with Gasteiger partial charge in [0, 0.05) is 17.1 Å². The summed E-state index contributed by atoms with van der Waals surface area (Å²) in [6, 6.07) is 10.1. The van der Waals surface area contributed by atoms with Gasteiger partial charge < -0.3 is 29.6 Å². The Morgan fingerprint density at radius 3 is 2.50 bits per heavy atom. The number of anilines is 1. The van der Waals surface area contributed by atoms with E-state index >= 15 is 0 Å². The lowest BCUT2D eigenvalue weighted by atomic mass is 10.1. The van der Waals surface area contributed by atoms with E-state index in [9.17, 15) is 19.5 Å². The van der Waals surface area contributed by atoms with E-state index in [1.165, 1.54) is 13.2 Å². The van der Waals surface area contributed by atoms with Gasteiger partial charge in [0.15, 0.2) is 6.61 Å². The molecule has 0 fully saturated rings. The highest BCUT2D eigenvalue weighted by Crippen LogP contribution is 2.25. The third-order valence-corrected chi connectivity index (χ3v) is 5.07. The molecule has 2 aromatic carbocycles. The van der Waals surface area contributed by atoms with E-state index < -0.39 is 36.7 Å². The van der Waals surface area contributed by atoms with E-state index in [0.717, 1.165) is 0 Å². The lowest BCUT2D eigenvalue weighted by Crippen LogP contribution is -2.47. The van der Waals surface area contributed by atoms with E-state index in [1.807, 2.05) is 0 Å². The van der Waals surface area contributed by atoms with Gasteiger partial charge in [0.25, 0.3) is 5.91 Å². The van der Waals surface area contributed by atoms with Crippen molar-refractivity contribution >= 4 is 40.1 Å². The SMILES string of the molecule is COc1ccc(NC(=O)C(CO)NC(=O)COc2ccc3c(C)c(Cl)c(=O)oc3c2)cc1. The molecule has 3 aromatic rings. The minimum Gasteiger partial charge on any atom is -0.497 e. The van der Waals surface area contributed by atoms with Crippen molar-refractivity contribution in [2.75, 3.05) is 25.6 Å². The van der Waals surface area contributed by atoms with Crippen LogP contribution in [-0.4, -0.2) is 43.3 Å². The molecule has 2 amide bonds. The Hall–Kier alpha value is -3.56. The van der Waals surface area contributed by atoms with Crippen LogP contribution in [0.3, 0.4) is 0 Å². The number of methoxy groups -OCH3 is 1.